The summed E-state index contributed by atoms with van der Waals surface area (Å²) in [5.74, 6) is 0.0118. The molecule has 26 heavy (non-hydrogen) atoms. The normalized spacial score (nSPS) is 17.6. The molecule has 1 fully saturated rings. The van der Waals surface area contributed by atoms with Crippen LogP contribution in [-0.2, 0) is 16.0 Å². The number of amides is 2. The number of hydrogen-bond acceptors (Lipinski definition) is 5. The predicted octanol–water partition coefficient (Wildman–Crippen LogP) is 3.61. The van der Waals surface area contributed by atoms with Gasteiger partial charge in [-0.1, -0.05) is 57.2 Å². The second-order valence-electron chi connectivity index (χ2n) is 7.54. The number of benzene rings is 1. The summed E-state index contributed by atoms with van der Waals surface area (Å²) in [6, 6.07) is 8.00. The van der Waals surface area contributed by atoms with Crippen molar-refractivity contribution in [1.29, 1.82) is 0 Å². The molecule has 0 spiro atoms. The molecule has 1 aromatic heterocycles. The summed E-state index contributed by atoms with van der Waals surface area (Å²) < 4.78 is 0. The van der Waals surface area contributed by atoms with Gasteiger partial charge >= 0.3 is 0 Å². The minimum Gasteiger partial charge on any atom is -0.311 e. The van der Waals surface area contributed by atoms with Gasteiger partial charge in [-0.25, -0.2) is 0 Å². The Bertz CT molecular complexity index is 825. The number of nitrogens with zero attached hydrogens (tertiary/aromatic N) is 3. The first-order valence-electron chi connectivity index (χ1n) is 8.82. The fraction of sp³-hybridized carbons (Fsp3) is 0.474. The number of rotatable bonds is 4. The van der Waals surface area contributed by atoms with Gasteiger partial charge in [0, 0.05) is 30.0 Å². The Hall–Kier alpha value is -2.28. The summed E-state index contributed by atoms with van der Waals surface area (Å²) in [5, 5.41) is 12.4. The van der Waals surface area contributed by atoms with Crippen molar-refractivity contribution < 1.29 is 9.59 Å². The van der Waals surface area contributed by atoms with E-state index < -0.39 is 5.41 Å². The Morgan fingerprint density at radius 2 is 2.04 bits per heavy atom. The average Bonchev–Trinajstić information content (AvgIpc) is 3.20. The predicted molar refractivity (Wildman–Crippen MR) is 104 cm³/mol. The molecular weight excluding hydrogens is 348 g/mol. The van der Waals surface area contributed by atoms with Gasteiger partial charge in [0.15, 0.2) is 0 Å². The summed E-state index contributed by atoms with van der Waals surface area (Å²) in [5.41, 5.74) is 1.65. The lowest BCUT2D eigenvalue weighted by Gasteiger charge is -2.19. The number of carbonyl (C=O) groups is 2. The van der Waals surface area contributed by atoms with Crippen molar-refractivity contribution in [1.82, 2.24) is 10.2 Å². The maximum absolute atomic E-state index is 12.6. The van der Waals surface area contributed by atoms with E-state index in [1.54, 1.807) is 0 Å². The van der Waals surface area contributed by atoms with Gasteiger partial charge in [-0.3, -0.25) is 9.59 Å². The summed E-state index contributed by atoms with van der Waals surface area (Å²) in [7, 11) is 0. The standard InChI is InChI=1S/C19H24N4O2S/c1-5-12-8-6-7-9-14(12)23-11-13(10-15(23)24)16-21-22-18(26-16)20-17(25)19(2,3)4/h6-9,13H,5,10-11H2,1-4H3,(H,20,22,25). The zero-order chi connectivity index (χ0) is 18.9. The molecule has 1 aliphatic heterocycles. The van der Waals surface area contributed by atoms with Crippen molar-refractivity contribution in [2.45, 2.75) is 46.5 Å². The minimum absolute atomic E-state index is 0.00482. The Balaban J connectivity index is 1.74. The van der Waals surface area contributed by atoms with Crippen LogP contribution in [0.5, 0.6) is 0 Å². The molecule has 7 heteroatoms. The Morgan fingerprint density at radius 3 is 2.73 bits per heavy atom. The lowest BCUT2D eigenvalue weighted by atomic mass is 9.96. The average molecular weight is 372 g/mol. The number of aryl methyl sites for hydroxylation is 1. The molecule has 0 radical (unpaired) electrons. The number of carbonyl (C=O) groups excluding carboxylic acids is 2. The molecule has 1 unspecified atom stereocenters. The first-order chi connectivity index (χ1) is 12.3. The van der Waals surface area contributed by atoms with Crippen molar-refractivity contribution in [2.75, 3.05) is 16.8 Å². The van der Waals surface area contributed by atoms with Crippen LogP contribution in [-0.4, -0.2) is 28.6 Å². The van der Waals surface area contributed by atoms with Crippen LogP contribution in [0.4, 0.5) is 10.8 Å². The molecule has 2 amide bonds. The molecule has 1 saturated heterocycles. The first kappa shape index (κ1) is 18.5. The maximum Gasteiger partial charge on any atom is 0.231 e. The summed E-state index contributed by atoms with van der Waals surface area (Å²) in [6.45, 7) is 8.23. The van der Waals surface area contributed by atoms with E-state index in [0.29, 0.717) is 18.1 Å². The number of aromatic nitrogens is 2. The number of nitrogens with one attached hydrogen (secondary N) is 1. The van der Waals surface area contributed by atoms with Gasteiger partial charge in [-0.15, -0.1) is 10.2 Å². The summed E-state index contributed by atoms with van der Waals surface area (Å²) in [6.07, 6.45) is 1.30. The summed E-state index contributed by atoms with van der Waals surface area (Å²) in [4.78, 5) is 26.5. The second kappa shape index (κ2) is 7.15. The molecular formula is C19H24N4O2S. The van der Waals surface area contributed by atoms with Crippen molar-refractivity contribution in [3.8, 4) is 0 Å². The van der Waals surface area contributed by atoms with Crippen molar-refractivity contribution in [3.05, 3.63) is 34.8 Å². The highest BCUT2D eigenvalue weighted by Gasteiger charge is 2.34. The molecule has 0 bridgehead atoms. The lowest BCUT2D eigenvalue weighted by Crippen LogP contribution is -2.27. The molecule has 3 rings (SSSR count). The van der Waals surface area contributed by atoms with E-state index >= 15 is 0 Å². The molecule has 2 aromatic rings. The van der Waals surface area contributed by atoms with Gasteiger partial charge in [-0.05, 0) is 18.1 Å². The number of para-hydroxylation sites is 1. The first-order valence-corrected chi connectivity index (χ1v) is 9.64. The van der Waals surface area contributed by atoms with E-state index in [-0.39, 0.29) is 17.7 Å². The number of anilines is 2. The van der Waals surface area contributed by atoms with Gasteiger partial charge in [0.1, 0.15) is 5.01 Å². The highest BCUT2D eigenvalue weighted by Crippen LogP contribution is 2.35. The minimum atomic E-state index is -0.490. The third kappa shape index (κ3) is 3.77. The highest BCUT2D eigenvalue weighted by molar-refractivity contribution is 7.15. The van der Waals surface area contributed by atoms with Crippen molar-refractivity contribution >= 4 is 34.0 Å². The summed E-state index contributed by atoms with van der Waals surface area (Å²) >= 11 is 1.35. The van der Waals surface area contributed by atoms with Gasteiger partial charge in [0.25, 0.3) is 0 Å². The zero-order valence-electron chi connectivity index (χ0n) is 15.6. The molecule has 0 aliphatic carbocycles. The monoisotopic (exact) mass is 372 g/mol. The quantitative estimate of drug-likeness (QED) is 0.890. The van der Waals surface area contributed by atoms with Crippen molar-refractivity contribution in [3.63, 3.8) is 0 Å². The van der Waals surface area contributed by atoms with Crippen LogP contribution in [0.1, 0.15) is 50.6 Å². The third-order valence-electron chi connectivity index (χ3n) is 4.48. The second-order valence-corrected chi connectivity index (χ2v) is 8.55. The third-order valence-corrected chi connectivity index (χ3v) is 5.48. The fourth-order valence-corrected chi connectivity index (χ4v) is 3.74. The van der Waals surface area contributed by atoms with Crippen molar-refractivity contribution in [2.24, 2.45) is 5.41 Å². The van der Waals surface area contributed by atoms with Gasteiger partial charge < -0.3 is 10.2 Å². The fourth-order valence-electron chi connectivity index (χ4n) is 2.91. The van der Waals surface area contributed by atoms with Crippen LogP contribution < -0.4 is 10.2 Å². The molecule has 2 heterocycles. The molecule has 0 saturated carbocycles. The van der Waals surface area contributed by atoms with E-state index in [1.807, 2.05) is 43.9 Å². The molecule has 1 N–H and O–H groups in total. The Morgan fingerprint density at radius 1 is 1.31 bits per heavy atom. The Labute approximate surface area is 157 Å². The van der Waals surface area contributed by atoms with Crippen LogP contribution >= 0.6 is 11.3 Å². The van der Waals surface area contributed by atoms with E-state index in [2.05, 4.69) is 28.5 Å². The highest BCUT2D eigenvalue weighted by atomic mass is 32.1. The largest absolute Gasteiger partial charge is 0.311 e. The molecule has 1 atom stereocenters. The Kier molecular flexibility index (Phi) is 5.09. The van der Waals surface area contributed by atoms with Crippen LogP contribution in [0.2, 0.25) is 0 Å². The van der Waals surface area contributed by atoms with Crippen LogP contribution in [0.15, 0.2) is 24.3 Å². The molecule has 1 aromatic carbocycles. The van der Waals surface area contributed by atoms with E-state index in [9.17, 15) is 9.59 Å². The van der Waals surface area contributed by atoms with Crippen LogP contribution in [0, 0.1) is 5.41 Å². The molecule has 1 aliphatic rings. The van der Waals surface area contributed by atoms with Gasteiger partial charge in [0.2, 0.25) is 16.9 Å². The molecule has 6 nitrogen and oxygen atoms in total. The van der Waals surface area contributed by atoms with E-state index in [0.717, 1.165) is 22.7 Å². The molecule has 138 valence electrons. The van der Waals surface area contributed by atoms with Gasteiger partial charge in [0.05, 0.1) is 0 Å². The zero-order valence-corrected chi connectivity index (χ0v) is 16.4. The van der Waals surface area contributed by atoms with Gasteiger partial charge in [-0.2, -0.15) is 0 Å². The number of hydrogen-bond donors (Lipinski definition) is 1. The topological polar surface area (TPSA) is 75.2 Å². The van der Waals surface area contributed by atoms with E-state index in [4.69, 9.17) is 0 Å². The van der Waals surface area contributed by atoms with Crippen LogP contribution in [0.25, 0.3) is 0 Å². The van der Waals surface area contributed by atoms with Crippen LogP contribution in [0.3, 0.4) is 0 Å². The SMILES string of the molecule is CCc1ccccc1N1CC(c2nnc(NC(=O)C(C)(C)C)s2)CC1=O. The van der Waals surface area contributed by atoms with E-state index in [1.165, 1.54) is 11.3 Å². The maximum atomic E-state index is 12.6. The lowest BCUT2D eigenvalue weighted by molar-refractivity contribution is -0.123. The smallest absolute Gasteiger partial charge is 0.231 e.